The molecule has 3 rings (SSSR count). The smallest absolute Gasteiger partial charge is 0.287 e. The first kappa shape index (κ1) is 20.3. The van der Waals surface area contributed by atoms with E-state index in [1.807, 2.05) is 36.4 Å². The third-order valence-electron chi connectivity index (χ3n) is 3.86. The molecule has 1 heterocycles. The number of nitro groups is 1. The zero-order chi connectivity index (χ0) is 20.6. The quantitative estimate of drug-likeness (QED) is 0.297. The number of nitrogens with zero attached hydrogens (tertiary/aromatic N) is 3. The number of anilines is 1. The zero-order valence-corrected chi connectivity index (χ0v) is 17.0. The Morgan fingerprint density at radius 2 is 2.00 bits per heavy atom. The van der Waals surface area contributed by atoms with Crippen LogP contribution < -0.4 is 14.9 Å². The van der Waals surface area contributed by atoms with Crippen molar-refractivity contribution in [2.45, 2.75) is 6.61 Å². The lowest BCUT2D eigenvalue weighted by atomic mass is 10.2. The Balaban J connectivity index is 1.69. The lowest BCUT2D eigenvalue weighted by Crippen LogP contribution is -1.99. The van der Waals surface area contributed by atoms with Gasteiger partial charge in [-0.05, 0) is 39.7 Å². The number of rotatable bonds is 8. The van der Waals surface area contributed by atoms with Gasteiger partial charge in [0, 0.05) is 16.1 Å². The number of ether oxygens (including phenoxy) is 2. The van der Waals surface area contributed by atoms with E-state index in [0.717, 1.165) is 21.8 Å². The van der Waals surface area contributed by atoms with Gasteiger partial charge in [0.15, 0.2) is 11.5 Å². The minimum absolute atomic E-state index is 0.0851. The number of hydrazone groups is 1. The monoisotopic (exact) mass is 456 g/mol. The van der Waals surface area contributed by atoms with Gasteiger partial charge in [-0.1, -0.05) is 30.3 Å². The average Bonchev–Trinajstić information content (AvgIpc) is 2.74. The van der Waals surface area contributed by atoms with E-state index in [0.29, 0.717) is 23.9 Å². The molecule has 0 aliphatic rings. The summed E-state index contributed by atoms with van der Waals surface area (Å²) >= 11 is 3.50. The SMILES string of the molecule is COc1cc(C=NNc2ccc([N+](=O)[O-])cn2)c(Br)cc1OCc1ccccc1. The van der Waals surface area contributed by atoms with Crippen molar-refractivity contribution in [1.82, 2.24) is 4.98 Å². The highest BCUT2D eigenvalue weighted by molar-refractivity contribution is 9.10. The molecule has 0 atom stereocenters. The Morgan fingerprint density at radius 1 is 1.21 bits per heavy atom. The van der Waals surface area contributed by atoms with E-state index in [4.69, 9.17) is 9.47 Å². The molecule has 9 heteroatoms. The lowest BCUT2D eigenvalue weighted by molar-refractivity contribution is -0.385. The lowest BCUT2D eigenvalue weighted by Gasteiger charge is -2.12. The Morgan fingerprint density at radius 3 is 2.66 bits per heavy atom. The van der Waals surface area contributed by atoms with Gasteiger partial charge in [0.1, 0.15) is 18.6 Å². The first-order chi connectivity index (χ1) is 14.1. The molecule has 1 N–H and O–H groups in total. The second-order valence-electron chi connectivity index (χ2n) is 5.83. The van der Waals surface area contributed by atoms with E-state index in [9.17, 15) is 10.1 Å². The van der Waals surface area contributed by atoms with Gasteiger partial charge < -0.3 is 9.47 Å². The molecule has 0 aliphatic heterocycles. The van der Waals surface area contributed by atoms with Crippen molar-refractivity contribution in [2.24, 2.45) is 5.10 Å². The Hall–Kier alpha value is -3.46. The summed E-state index contributed by atoms with van der Waals surface area (Å²) in [6, 6.07) is 16.3. The molecule has 29 heavy (non-hydrogen) atoms. The molecule has 0 saturated carbocycles. The number of benzene rings is 2. The topological polar surface area (TPSA) is 98.9 Å². The first-order valence-corrected chi connectivity index (χ1v) is 9.30. The molecule has 0 amide bonds. The standard InChI is InChI=1S/C20H17BrN4O4/c1-28-18-9-15(11-23-24-20-8-7-16(12-22-20)25(26)27)17(21)10-19(18)29-13-14-5-3-2-4-6-14/h2-12H,13H2,1H3,(H,22,24). The molecule has 2 aromatic carbocycles. The van der Waals surface area contributed by atoms with E-state index in [1.165, 1.54) is 12.1 Å². The maximum absolute atomic E-state index is 10.7. The van der Waals surface area contributed by atoms with Crippen molar-refractivity contribution >= 4 is 33.6 Å². The highest BCUT2D eigenvalue weighted by Gasteiger charge is 2.10. The predicted molar refractivity (Wildman–Crippen MR) is 114 cm³/mol. The van der Waals surface area contributed by atoms with Gasteiger partial charge in [0.05, 0.1) is 18.2 Å². The van der Waals surface area contributed by atoms with Crippen LogP contribution in [0.5, 0.6) is 11.5 Å². The summed E-state index contributed by atoms with van der Waals surface area (Å²) in [6.07, 6.45) is 2.74. The summed E-state index contributed by atoms with van der Waals surface area (Å²) in [7, 11) is 1.57. The summed E-state index contributed by atoms with van der Waals surface area (Å²) in [5.74, 6) is 1.56. The fourth-order valence-corrected chi connectivity index (χ4v) is 2.81. The van der Waals surface area contributed by atoms with Crippen LogP contribution in [0.4, 0.5) is 11.5 Å². The van der Waals surface area contributed by atoms with Gasteiger partial charge >= 0.3 is 0 Å². The highest BCUT2D eigenvalue weighted by Crippen LogP contribution is 2.33. The maximum atomic E-state index is 10.7. The largest absolute Gasteiger partial charge is 0.493 e. The van der Waals surface area contributed by atoms with E-state index in [-0.39, 0.29) is 5.69 Å². The molecule has 0 radical (unpaired) electrons. The summed E-state index contributed by atoms with van der Waals surface area (Å²) in [5, 5.41) is 14.8. The molecule has 0 unspecified atom stereocenters. The normalized spacial score (nSPS) is 10.7. The summed E-state index contributed by atoms with van der Waals surface area (Å²) in [6.45, 7) is 0.421. The molecular weight excluding hydrogens is 440 g/mol. The van der Waals surface area contributed by atoms with Crippen LogP contribution in [0.15, 0.2) is 70.4 Å². The van der Waals surface area contributed by atoms with Crippen molar-refractivity contribution in [3.05, 3.63) is 86.5 Å². The van der Waals surface area contributed by atoms with E-state index >= 15 is 0 Å². The van der Waals surface area contributed by atoms with Crippen LogP contribution in [0.2, 0.25) is 0 Å². The Labute approximate surface area is 175 Å². The minimum Gasteiger partial charge on any atom is -0.493 e. The van der Waals surface area contributed by atoms with Crippen molar-refractivity contribution in [3.63, 3.8) is 0 Å². The molecule has 0 aliphatic carbocycles. The second kappa shape index (κ2) is 9.65. The average molecular weight is 457 g/mol. The minimum atomic E-state index is -0.509. The van der Waals surface area contributed by atoms with Crippen LogP contribution in [-0.4, -0.2) is 23.2 Å². The molecule has 0 bridgehead atoms. The van der Waals surface area contributed by atoms with Crippen LogP contribution in [0.1, 0.15) is 11.1 Å². The number of methoxy groups -OCH3 is 1. The molecule has 0 saturated heterocycles. The fourth-order valence-electron chi connectivity index (χ4n) is 2.39. The van der Waals surface area contributed by atoms with Crippen LogP contribution in [0.3, 0.4) is 0 Å². The molecular formula is C20H17BrN4O4. The summed E-state index contributed by atoms with van der Waals surface area (Å²) < 4.78 is 12.1. The second-order valence-corrected chi connectivity index (χ2v) is 6.68. The van der Waals surface area contributed by atoms with Crippen molar-refractivity contribution in [2.75, 3.05) is 12.5 Å². The number of hydrogen-bond acceptors (Lipinski definition) is 7. The van der Waals surface area contributed by atoms with Gasteiger partial charge in [-0.2, -0.15) is 5.10 Å². The number of halogens is 1. The maximum Gasteiger partial charge on any atom is 0.287 e. The van der Waals surface area contributed by atoms with Crippen LogP contribution in [0, 0.1) is 10.1 Å². The van der Waals surface area contributed by atoms with E-state index < -0.39 is 4.92 Å². The number of nitrogens with one attached hydrogen (secondary N) is 1. The summed E-state index contributed by atoms with van der Waals surface area (Å²) in [5.41, 5.74) is 4.45. The fraction of sp³-hybridized carbons (Fsp3) is 0.100. The predicted octanol–water partition coefficient (Wildman–Crippen LogP) is 4.79. The van der Waals surface area contributed by atoms with Gasteiger partial charge in [-0.25, -0.2) is 4.98 Å². The Kier molecular flexibility index (Phi) is 6.75. The Bertz CT molecular complexity index is 1010. The third kappa shape index (κ3) is 5.52. The first-order valence-electron chi connectivity index (χ1n) is 8.50. The van der Waals surface area contributed by atoms with Crippen LogP contribution in [0.25, 0.3) is 0 Å². The van der Waals surface area contributed by atoms with Crippen molar-refractivity contribution in [3.8, 4) is 11.5 Å². The molecule has 1 aromatic heterocycles. The zero-order valence-electron chi connectivity index (χ0n) is 15.4. The molecule has 0 fully saturated rings. The summed E-state index contributed by atoms with van der Waals surface area (Å²) in [4.78, 5) is 14.1. The van der Waals surface area contributed by atoms with E-state index in [1.54, 1.807) is 19.4 Å². The van der Waals surface area contributed by atoms with Gasteiger partial charge in [0.25, 0.3) is 5.69 Å². The van der Waals surface area contributed by atoms with Gasteiger partial charge in [0.2, 0.25) is 0 Å². The number of hydrogen-bond donors (Lipinski definition) is 1. The number of aromatic nitrogens is 1. The van der Waals surface area contributed by atoms with Gasteiger partial charge in [-0.15, -0.1) is 0 Å². The van der Waals surface area contributed by atoms with Crippen molar-refractivity contribution < 1.29 is 14.4 Å². The molecule has 3 aromatic rings. The van der Waals surface area contributed by atoms with Crippen LogP contribution in [-0.2, 0) is 6.61 Å². The third-order valence-corrected chi connectivity index (χ3v) is 4.55. The number of pyridine rings is 1. The van der Waals surface area contributed by atoms with Crippen molar-refractivity contribution in [1.29, 1.82) is 0 Å². The highest BCUT2D eigenvalue weighted by atomic mass is 79.9. The molecule has 8 nitrogen and oxygen atoms in total. The van der Waals surface area contributed by atoms with Gasteiger partial charge in [-0.3, -0.25) is 15.5 Å². The molecule has 0 spiro atoms. The molecule has 148 valence electrons. The van der Waals surface area contributed by atoms with E-state index in [2.05, 4.69) is 31.4 Å². The van der Waals surface area contributed by atoms with Crippen LogP contribution >= 0.6 is 15.9 Å².